The lowest BCUT2D eigenvalue weighted by Crippen LogP contribution is -2.31. The van der Waals surface area contributed by atoms with E-state index in [1.54, 1.807) is 6.92 Å². The molecule has 18 heavy (non-hydrogen) atoms. The number of hydrogen-bond acceptors (Lipinski definition) is 5. The molecule has 1 fully saturated rings. The van der Waals surface area contributed by atoms with Gasteiger partial charge < -0.3 is 9.63 Å². The maximum absolute atomic E-state index is 11.1. The Bertz CT molecular complexity index is 432. The lowest BCUT2D eigenvalue weighted by atomic mass is 9.90. The SMILES string of the molecule is CCCc1nc(CN2CCC(C)(C(=O)O)C2)no1. The molecule has 2 heterocycles. The normalized spacial score (nSPS) is 24.6. The Kier molecular flexibility index (Phi) is 3.65. The number of aromatic nitrogens is 2. The van der Waals surface area contributed by atoms with Crippen molar-refractivity contribution in [3.8, 4) is 0 Å². The zero-order chi connectivity index (χ0) is 13.2. The minimum absolute atomic E-state index is 0.542. The Morgan fingerprint density at radius 1 is 1.61 bits per heavy atom. The number of carbonyl (C=O) groups is 1. The van der Waals surface area contributed by atoms with Gasteiger partial charge in [0.1, 0.15) is 0 Å². The largest absolute Gasteiger partial charge is 0.481 e. The number of carboxylic acid groups (broad SMARTS) is 1. The van der Waals surface area contributed by atoms with Gasteiger partial charge in [0.2, 0.25) is 5.89 Å². The van der Waals surface area contributed by atoms with Crippen molar-refractivity contribution >= 4 is 5.97 Å². The van der Waals surface area contributed by atoms with Gasteiger partial charge in [-0.3, -0.25) is 9.69 Å². The van der Waals surface area contributed by atoms with Crippen LogP contribution in [-0.2, 0) is 17.8 Å². The molecule has 1 aliphatic heterocycles. The summed E-state index contributed by atoms with van der Waals surface area (Å²) >= 11 is 0. The fourth-order valence-corrected chi connectivity index (χ4v) is 2.24. The van der Waals surface area contributed by atoms with E-state index in [4.69, 9.17) is 9.63 Å². The second-order valence-corrected chi connectivity index (χ2v) is 5.18. The molecule has 1 atom stereocenters. The average Bonchev–Trinajstić information content (AvgIpc) is 2.88. The van der Waals surface area contributed by atoms with Gasteiger partial charge in [-0.05, 0) is 26.3 Å². The first-order valence-electron chi connectivity index (χ1n) is 6.31. The summed E-state index contributed by atoms with van der Waals surface area (Å²) in [5.74, 6) is 0.575. The van der Waals surface area contributed by atoms with Crippen LogP contribution in [0.25, 0.3) is 0 Å². The summed E-state index contributed by atoms with van der Waals surface area (Å²) in [5.41, 5.74) is -0.643. The van der Waals surface area contributed by atoms with Crippen LogP contribution < -0.4 is 0 Å². The van der Waals surface area contributed by atoms with Gasteiger partial charge in [0, 0.05) is 13.0 Å². The maximum atomic E-state index is 11.1. The Hall–Kier alpha value is -1.43. The second kappa shape index (κ2) is 5.06. The fraction of sp³-hybridized carbons (Fsp3) is 0.750. The van der Waals surface area contributed by atoms with Gasteiger partial charge in [-0.2, -0.15) is 4.98 Å². The van der Waals surface area contributed by atoms with Crippen LogP contribution in [0.3, 0.4) is 0 Å². The summed E-state index contributed by atoms with van der Waals surface area (Å²) in [6.07, 6.45) is 2.43. The number of likely N-dealkylation sites (tertiary alicyclic amines) is 1. The minimum atomic E-state index is -0.732. The average molecular weight is 253 g/mol. The van der Waals surface area contributed by atoms with E-state index in [9.17, 15) is 4.79 Å². The molecule has 0 aliphatic carbocycles. The van der Waals surface area contributed by atoms with Crippen LogP contribution in [0.4, 0.5) is 0 Å². The molecule has 2 rings (SSSR count). The van der Waals surface area contributed by atoms with Gasteiger partial charge in [0.05, 0.1) is 12.0 Å². The fourth-order valence-electron chi connectivity index (χ4n) is 2.24. The van der Waals surface area contributed by atoms with Crippen LogP contribution in [0.1, 0.15) is 38.4 Å². The molecule has 1 aromatic heterocycles. The lowest BCUT2D eigenvalue weighted by Gasteiger charge is -2.18. The summed E-state index contributed by atoms with van der Waals surface area (Å²) < 4.78 is 5.11. The predicted octanol–water partition coefficient (Wildman–Crippen LogP) is 1.32. The molecule has 0 amide bonds. The highest BCUT2D eigenvalue weighted by Gasteiger charge is 2.40. The molecule has 1 saturated heterocycles. The van der Waals surface area contributed by atoms with E-state index < -0.39 is 11.4 Å². The molecule has 0 saturated carbocycles. The summed E-state index contributed by atoms with van der Waals surface area (Å²) in [5, 5.41) is 13.1. The number of aliphatic carboxylic acids is 1. The summed E-state index contributed by atoms with van der Waals surface area (Å²) in [7, 11) is 0. The Morgan fingerprint density at radius 2 is 2.39 bits per heavy atom. The van der Waals surface area contributed by atoms with Gasteiger partial charge in [0.15, 0.2) is 5.82 Å². The molecule has 0 aromatic carbocycles. The van der Waals surface area contributed by atoms with Crippen LogP contribution in [0, 0.1) is 5.41 Å². The zero-order valence-electron chi connectivity index (χ0n) is 10.8. The summed E-state index contributed by atoms with van der Waals surface area (Å²) in [6, 6.07) is 0. The second-order valence-electron chi connectivity index (χ2n) is 5.18. The van der Waals surface area contributed by atoms with Crippen molar-refractivity contribution < 1.29 is 14.4 Å². The molecule has 1 aliphatic rings. The lowest BCUT2D eigenvalue weighted by molar-refractivity contribution is -0.147. The minimum Gasteiger partial charge on any atom is -0.481 e. The van der Waals surface area contributed by atoms with E-state index in [-0.39, 0.29) is 0 Å². The Balaban J connectivity index is 1.93. The predicted molar refractivity (Wildman–Crippen MR) is 63.9 cm³/mol. The number of rotatable bonds is 5. The first-order chi connectivity index (χ1) is 8.53. The van der Waals surface area contributed by atoms with Gasteiger partial charge in [-0.15, -0.1) is 0 Å². The third-order valence-corrected chi connectivity index (χ3v) is 3.41. The van der Waals surface area contributed by atoms with Gasteiger partial charge >= 0.3 is 5.97 Å². The topological polar surface area (TPSA) is 79.5 Å². The van der Waals surface area contributed by atoms with E-state index in [0.717, 1.165) is 19.4 Å². The summed E-state index contributed by atoms with van der Waals surface area (Å²) in [4.78, 5) is 17.5. The third kappa shape index (κ3) is 2.69. The molecule has 1 aromatic rings. The quantitative estimate of drug-likeness (QED) is 0.852. The Morgan fingerprint density at radius 3 is 3.00 bits per heavy atom. The van der Waals surface area contributed by atoms with E-state index >= 15 is 0 Å². The number of carboxylic acids is 1. The molecular weight excluding hydrogens is 234 g/mol. The van der Waals surface area contributed by atoms with E-state index in [2.05, 4.69) is 22.0 Å². The Labute approximate surface area is 106 Å². The van der Waals surface area contributed by atoms with Crippen LogP contribution in [0.15, 0.2) is 4.52 Å². The molecule has 1 N–H and O–H groups in total. The van der Waals surface area contributed by atoms with Gasteiger partial charge in [-0.1, -0.05) is 12.1 Å². The molecule has 100 valence electrons. The third-order valence-electron chi connectivity index (χ3n) is 3.41. The van der Waals surface area contributed by atoms with Crippen molar-refractivity contribution in [1.29, 1.82) is 0 Å². The first-order valence-corrected chi connectivity index (χ1v) is 6.31. The van der Waals surface area contributed by atoms with Gasteiger partial charge in [-0.25, -0.2) is 0 Å². The van der Waals surface area contributed by atoms with Crippen LogP contribution >= 0.6 is 0 Å². The van der Waals surface area contributed by atoms with E-state index in [0.29, 0.717) is 31.2 Å². The van der Waals surface area contributed by atoms with Crippen LogP contribution in [0.5, 0.6) is 0 Å². The number of nitrogens with zero attached hydrogens (tertiary/aromatic N) is 3. The molecule has 6 heteroatoms. The molecule has 0 bridgehead atoms. The standard InChI is InChI=1S/C12H19N3O3/c1-3-4-10-13-9(14-18-10)7-15-6-5-12(2,8-15)11(16)17/h3-8H2,1-2H3,(H,16,17). The van der Waals surface area contributed by atoms with Crippen molar-refractivity contribution in [2.24, 2.45) is 5.41 Å². The van der Waals surface area contributed by atoms with Gasteiger partial charge in [0.25, 0.3) is 0 Å². The molecule has 6 nitrogen and oxygen atoms in total. The van der Waals surface area contributed by atoms with Crippen molar-refractivity contribution in [2.45, 2.75) is 39.7 Å². The van der Waals surface area contributed by atoms with Crippen molar-refractivity contribution in [1.82, 2.24) is 15.0 Å². The summed E-state index contributed by atoms with van der Waals surface area (Å²) in [6.45, 7) is 5.72. The highest BCUT2D eigenvalue weighted by Crippen LogP contribution is 2.30. The first kappa shape index (κ1) is 13.0. The number of aryl methyl sites for hydroxylation is 1. The zero-order valence-corrected chi connectivity index (χ0v) is 10.8. The van der Waals surface area contributed by atoms with Crippen LogP contribution in [0.2, 0.25) is 0 Å². The molecule has 0 spiro atoms. The highest BCUT2D eigenvalue weighted by atomic mass is 16.5. The molecule has 1 unspecified atom stereocenters. The number of hydrogen-bond donors (Lipinski definition) is 1. The van der Waals surface area contributed by atoms with E-state index in [1.165, 1.54) is 0 Å². The van der Waals surface area contributed by atoms with Crippen molar-refractivity contribution in [3.05, 3.63) is 11.7 Å². The smallest absolute Gasteiger partial charge is 0.310 e. The monoisotopic (exact) mass is 253 g/mol. The van der Waals surface area contributed by atoms with Crippen molar-refractivity contribution in [2.75, 3.05) is 13.1 Å². The maximum Gasteiger partial charge on any atom is 0.310 e. The van der Waals surface area contributed by atoms with Crippen LogP contribution in [-0.4, -0.2) is 39.2 Å². The van der Waals surface area contributed by atoms with E-state index in [1.807, 2.05) is 0 Å². The van der Waals surface area contributed by atoms with Crippen molar-refractivity contribution in [3.63, 3.8) is 0 Å². The highest BCUT2D eigenvalue weighted by molar-refractivity contribution is 5.74. The molecule has 0 radical (unpaired) electrons. The molecular formula is C12H19N3O3.